The summed E-state index contributed by atoms with van der Waals surface area (Å²) >= 11 is 1.25. The Labute approximate surface area is 180 Å². The number of rotatable bonds is 6. The van der Waals surface area contributed by atoms with Crippen molar-refractivity contribution >= 4 is 17.2 Å². The first-order valence-electron chi connectivity index (χ1n) is 9.28. The van der Waals surface area contributed by atoms with E-state index in [0.29, 0.717) is 21.1 Å². The molecule has 0 saturated carbocycles. The van der Waals surface area contributed by atoms with E-state index in [-0.39, 0.29) is 18.0 Å². The number of thiazole rings is 1. The van der Waals surface area contributed by atoms with Crippen molar-refractivity contribution < 1.29 is 23.1 Å². The number of aliphatic hydroxyl groups excluding tert-OH is 1. The average molecular weight is 453 g/mol. The third kappa shape index (κ3) is 5.12. The maximum Gasteiger partial charge on any atom is 0.417 e. The van der Waals surface area contributed by atoms with Gasteiger partial charge in [-0.05, 0) is 44.5 Å². The first-order valence-corrected chi connectivity index (χ1v) is 10.1. The number of carbonyl (C=O) groups excluding carboxylic acids is 1. The number of nitrogens with two attached hydrogens (primary N) is 1. The maximum absolute atomic E-state index is 13.0. The predicted molar refractivity (Wildman–Crippen MR) is 110 cm³/mol. The van der Waals surface area contributed by atoms with Crippen molar-refractivity contribution in [3.8, 4) is 11.4 Å². The smallest absolute Gasteiger partial charge is 0.391 e. The molecule has 0 fully saturated rings. The quantitative estimate of drug-likeness (QED) is 0.455. The highest BCUT2D eigenvalue weighted by Crippen LogP contribution is 2.31. The second-order valence-corrected chi connectivity index (χ2v) is 8.87. The molecular formula is C20H22F3N5O2S. The third-order valence-corrected chi connectivity index (χ3v) is 5.65. The van der Waals surface area contributed by atoms with Gasteiger partial charge in [0, 0.05) is 17.9 Å². The molecule has 7 nitrogen and oxygen atoms in total. The Morgan fingerprint density at radius 2 is 2.00 bits per heavy atom. The zero-order valence-electron chi connectivity index (χ0n) is 17.0. The van der Waals surface area contributed by atoms with Gasteiger partial charge in [0.25, 0.3) is 5.91 Å². The molecule has 3 rings (SSSR count). The standard InChI is InChI=1S/C20H22F3N5O2S/c1-10-6-14(13-5-4-11(7-25-13)20(21,22)23)27-15(10)17(30)28-16(19(2,3)24)18-26-8-12(9-29)31-18/h4-8,16,27,29H,9,24H2,1-3H3,(H,28,30). The van der Waals surface area contributed by atoms with Gasteiger partial charge < -0.3 is 21.1 Å². The van der Waals surface area contributed by atoms with E-state index in [1.54, 1.807) is 26.8 Å². The van der Waals surface area contributed by atoms with Gasteiger partial charge in [0.1, 0.15) is 10.7 Å². The molecule has 0 bridgehead atoms. The minimum Gasteiger partial charge on any atom is -0.391 e. The molecule has 3 aromatic rings. The molecule has 3 heterocycles. The van der Waals surface area contributed by atoms with Crippen LogP contribution in [0, 0.1) is 6.92 Å². The molecule has 11 heteroatoms. The number of aryl methyl sites for hydroxylation is 1. The van der Waals surface area contributed by atoms with Gasteiger partial charge in [0.15, 0.2) is 0 Å². The Kier molecular flexibility index (Phi) is 6.21. The molecule has 31 heavy (non-hydrogen) atoms. The monoisotopic (exact) mass is 453 g/mol. The van der Waals surface area contributed by atoms with Gasteiger partial charge in [-0.25, -0.2) is 4.98 Å². The molecule has 3 aromatic heterocycles. The van der Waals surface area contributed by atoms with E-state index in [2.05, 4.69) is 20.3 Å². The summed E-state index contributed by atoms with van der Waals surface area (Å²) in [7, 11) is 0. The van der Waals surface area contributed by atoms with E-state index in [1.807, 2.05) is 0 Å². The topological polar surface area (TPSA) is 117 Å². The second-order valence-electron chi connectivity index (χ2n) is 7.72. The molecule has 5 N–H and O–H groups in total. The van der Waals surface area contributed by atoms with Crippen LogP contribution >= 0.6 is 11.3 Å². The number of nitrogens with one attached hydrogen (secondary N) is 2. The molecule has 0 aliphatic carbocycles. The number of H-pyrrole nitrogens is 1. The fourth-order valence-electron chi connectivity index (χ4n) is 2.95. The van der Waals surface area contributed by atoms with Crippen LogP contribution in [0.1, 0.15) is 51.4 Å². The summed E-state index contributed by atoms with van der Waals surface area (Å²) in [5.74, 6) is -0.445. The van der Waals surface area contributed by atoms with Crippen LogP contribution in [0.5, 0.6) is 0 Å². The second kappa shape index (κ2) is 8.40. The maximum atomic E-state index is 13.0. The van der Waals surface area contributed by atoms with Crippen molar-refractivity contribution in [3.63, 3.8) is 0 Å². The zero-order chi connectivity index (χ0) is 23.0. The molecule has 1 amide bonds. The molecule has 0 spiro atoms. The number of alkyl halides is 3. The predicted octanol–water partition coefficient (Wildman–Crippen LogP) is 3.56. The number of aromatic nitrogens is 3. The lowest BCUT2D eigenvalue weighted by atomic mass is 9.96. The van der Waals surface area contributed by atoms with E-state index in [4.69, 9.17) is 5.73 Å². The minimum absolute atomic E-state index is 0.164. The SMILES string of the molecule is Cc1cc(-c2ccc(C(F)(F)F)cn2)[nH]c1C(=O)NC(c1ncc(CO)s1)C(C)(C)N. The van der Waals surface area contributed by atoms with Gasteiger partial charge in [-0.2, -0.15) is 13.2 Å². The van der Waals surface area contributed by atoms with Crippen molar-refractivity contribution in [3.05, 3.63) is 57.3 Å². The molecule has 166 valence electrons. The first-order chi connectivity index (χ1) is 14.4. The number of pyridine rings is 1. The molecule has 1 unspecified atom stereocenters. The van der Waals surface area contributed by atoms with Crippen molar-refractivity contribution in [2.45, 2.75) is 45.1 Å². The van der Waals surface area contributed by atoms with Gasteiger partial charge >= 0.3 is 6.18 Å². The summed E-state index contributed by atoms with van der Waals surface area (Å²) in [4.78, 5) is 24.6. The molecule has 1 atom stereocenters. The van der Waals surface area contributed by atoms with E-state index in [1.165, 1.54) is 23.6 Å². The minimum atomic E-state index is -4.47. The summed E-state index contributed by atoms with van der Waals surface area (Å²) in [6.45, 7) is 5.03. The molecule has 0 aliphatic heterocycles. The normalized spacial score (nSPS) is 13.3. The van der Waals surface area contributed by atoms with Gasteiger partial charge in [-0.15, -0.1) is 11.3 Å². The highest BCUT2D eigenvalue weighted by atomic mass is 32.1. The van der Waals surface area contributed by atoms with Crippen LogP contribution in [-0.2, 0) is 12.8 Å². The van der Waals surface area contributed by atoms with Crippen LogP contribution in [0.15, 0.2) is 30.6 Å². The number of halogens is 3. The third-order valence-electron chi connectivity index (χ3n) is 4.60. The Bertz CT molecular complexity index is 1070. The zero-order valence-corrected chi connectivity index (χ0v) is 17.9. The summed E-state index contributed by atoms with van der Waals surface area (Å²) in [6.07, 6.45) is -2.20. The molecule has 0 aliphatic rings. The van der Waals surface area contributed by atoms with Crippen molar-refractivity contribution in [1.29, 1.82) is 0 Å². The summed E-state index contributed by atoms with van der Waals surface area (Å²) in [5.41, 5.74) is 6.08. The van der Waals surface area contributed by atoms with Crippen LogP contribution in [-0.4, -0.2) is 31.5 Å². The number of aliphatic hydroxyl groups is 1. The number of carbonyl (C=O) groups is 1. The van der Waals surface area contributed by atoms with Crippen molar-refractivity contribution in [1.82, 2.24) is 20.3 Å². The van der Waals surface area contributed by atoms with Gasteiger partial charge in [0.2, 0.25) is 0 Å². The van der Waals surface area contributed by atoms with Crippen molar-refractivity contribution in [2.75, 3.05) is 0 Å². The van der Waals surface area contributed by atoms with Crippen molar-refractivity contribution in [2.24, 2.45) is 5.73 Å². The molecule has 0 saturated heterocycles. The fraction of sp³-hybridized carbons (Fsp3) is 0.350. The Morgan fingerprint density at radius 3 is 2.52 bits per heavy atom. The van der Waals surface area contributed by atoms with Gasteiger partial charge in [-0.1, -0.05) is 0 Å². The van der Waals surface area contributed by atoms with Crippen LogP contribution in [0.4, 0.5) is 13.2 Å². The lowest BCUT2D eigenvalue weighted by Gasteiger charge is -2.29. The average Bonchev–Trinajstić information content (AvgIpc) is 3.31. The van der Waals surface area contributed by atoms with Crippen LogP contribution in [0.25, 0.3) is 11.4 Å². The number of nitrogens with zero attached hydrogens (tertiary/aromatic N) is 2. The Morgan fingerprint density at radius 1 is 1.29 bits per heavy atom. The number of hydrogen-bond acceptors (Lipinski definition) is 6. The van der Waals surface area contributed by atoms with E-state index in [0.717, 1.165) is 12.3 Å². The highest BCUT2D eigenvalue weighted by molar-refractivity contribution is 7.11. The Balaban J connectivity index is 1.85. The largest absolute Gasteiger partial charge is 0.417 e. The fourth-order valence-corrected chi connectivity index (χ4v) is 3.98. The summed E-state index contributed by atoms with van der Waals surface area (Å²) in [5, 5.41) is 12.7. The van der Waals surface area contributed by atoms with Gasteiger partial charge in [-0.3, -0.25) is 9.78 Å². The number of aromatic amines is 1. The lowest BCUT2D eigenvalue weighted by Crippen LogP contribution is -2.48. The van der Waals surface area contributed by atoms with Crippen LogP contribution in [0.3, 0.4) is 0 Å². The van der Waals surface area contributed by atoms with Crippen LogP contribution in [0.2, 0.25) is 0 Å². The summed E-state index contributed by atoms with van der Waals surface area (Å²) < 4.78 is 38.2. The first kappa shape index (κ1) is 22.9. The highest BCUT2D eigenvalue weighted by Gasteiger charge is 2.33. The number of amides is 1. The lowest BCUT2D eigenvalue weighted by molar-refractivity contribution is -0.137. The Hall–Kier alpha value is -2.76. The van der Waals surface area contributed by atoms with E-state index in [9.17, 15) is 23.1 Å². The van der Waals surface area contributed by atoms with Crippen LogP contribution < -0.4 is 11.1 Å². The molecule has 0 aromatic carbocycles. The van der Waals surface area contributed by atoms with Gasteiger partial charge in [0.05, 0.1) is 34.5 Å². The van der Waals surface area contributed by atoms with E-state index >= 15 is 0 Å². The molecular weight excluding hydrogens is 431 g/mol. The number of hydrogen-bond donors (Lipinski definition) is 4. The summed E-state index contributed by atoms with van der Waals surface area (Å²) in [6, 6.07) is 3.20. The van der Waals surface area contributed by atoms with E-state index < -0.39 is 29.2 Å². The molecule has 0 radical (unpaired) electrons.